The van der Waals surface area contributed by atoms with Crippen molar-refractivity contribution in [2.45, 2.75) is 26.7 Å². The largest absolute Gasteiger partial charge is 0.456 e. The van der Waals surface area contributed by atoms with Crippen molar-refractivity contribution in [1.29, 1.82) is 0 Å². The molecule has 3 aromatic rings. The molecule has 30 heavy (non-hydrogen) atoms. The van der Waals surface area contributed by atoms with Gasteiger partial charge in [-0.2, -0.15) is 0 Å². The first-order valence-electron chi connectivity index (χ1n) is 10.1. The van der Waals surface area contributed by atoms with Crippen LogP contribution in [0.3, 0.4) is 0 Å². The van der Waals surface area contributed by atoms with Crippen LogP contribution in [0.2, 0.25) is 0 Å². The standard InChI is InChI=1S/C24H24N2O4/c1-14-11-15(2)22-19(12-14)20(27)13-21(30-22)16-3-5-18(6-4-16)24(29)26-9-7-17(8-10-26)23(25)28/h3-6,11-13,17H,7-10H2,1-2H3,(H2,25,28). The van der Waals surface area contributed by atoms with Gasteiger partial charge < -0.3 is 15.1 Å². The molecule has 0 bridgehead atoms. The van der Waals surface area contributed by atoms with Crippen LogP contribution in [0, 0.1) is 19.8 Å². The minimum Gasteiger partial charge on any atom is -0.456 e. The van der Waals surface area contributed by atoms with Gasteiger partial charge in [0.25, 0.3) is 5.91 Å². The fourth-order valence-corrected chi connectivity index (χ4v) is 4.08. The summed E-state index contributed by atoms with van der Waals surface area (Å²) in [5, 5.41) is 0.572. The molecule has 0 unspecified atom stereocenters. The molecule has 1 aliphatic heterocycles. The highest BCUT2D eigenvalue weighted by Crippen LogP contribution is 2.26. The van der Waals surface area contributed by atoms with Crippen LogP contribution in [0.5, 0.6) is 0 Å². The van der Waals surface area contributed by atoms with Crippen LogP contribution in [0.1, 0.15) is 34.3 Å². The van der Waals surface area contributed by atoms with Gasteiger partial charge in [-0.3, -0.25) is 14.4 Å². The van der Waals surface area contributed by atoms with E-state index in [1.165, 1.54) is 6.07 Å². The number of rotatable bonds is 3. The van der Waals surface area contributed by atoms with E-state index >= 15 is 0 Å². The van der Waals surface area contributed by atoms with E-state index in [9.17, 15) is 14.4 Å². The van der Waals surface area contributed by atoms with Gasteiger partial charge in [-0.15, -0.1) is 0 Å². The minimum absolute atomic E-state index is 0.0734. The second-order valence-electron chi connectivity index (χ2n) is 7.98. The zero-order valence-corrected chi connectivity index (χ0v) is 17.1. The summed E-state index contributed by atoms with van der Waals surface area (Å²) < 4.78 is 6.03. The Bertz CT molecular complexity index is 1190. The van der Waals surface area contributed by atoms with Crippen molar-refractivity contribution < 1.29 is 14.0 Å². The third kappa shape index (κ3) is 3.73. The van der Waals surface area contributed by atoms with E-state index in [-0.39, 0.29) is 23.2 Å². The first kappa shape index (κ1) is 19.9. The van der Waals surface area contributed by atoms with E-state index in [4.69, 9.17) is 10.2 Å². The van der Waals surface area contributed by atoms with Crippen molar-refractivity contribution in [2.75, 3.05) is 13.1 Å². The van der Waals surface area contributed by atoms with E-state index in [1.807, 2.05) is 26.0 Å². The molecule has 0 aliphatic carbocycles. The summed E-state index contributed by atoms with van der Waals surface area (Å²) in [4.78, 5) is 38.4. The van der Waals surface area contributed by atoms with E-state index < -0.39 is 0 Å². The number of hydrogen-bond acceptors (Lipinski definition) is 4. The predicted molar refractivity (Wildman–Crippen MR) is 115 cm³/mol. The highest BCUT2D eigenvalue weighted by Gasteiger charge is 2.26. The molecule has 2 heterocycles. The summed E-state index contributed by atoms with van der Waals surface area (Å²) >= 11 is 0. The molecule has 1 aromatic heterocycles. The van der Waals surface area contributed by atoms with Gasteiger partial charge in [-0.1, -0.05) is 18.2 Å². The fourth-order valence-electron chi connectivity index (χ4n) is 4.08. The number of benzene rings is 2. The summed E-state index contributed by atoms with van der Waals surface area (Å²) in [5.41, 5.74) is 9.08. The molecule has 1 aliphatic rings. The predicted octanol–water partition coefficient (Wildman–Crippen LogP) is 3.41. The second-order valence-corrected chi connectivity index (χ2v) is 7.98. The third-order valence-corrected chi connectivity index (χ3v) is 5.76. The quantitative estimate of drug-likeness (QED) is 0.724. The monoisotopic (exact) mass is 404 g/mol. The smallest absolute Gasteiger partial charge is 0.253 e. The van der Waals surface area contributed by atoms with E-state index in [2.05, 4.69) is 0 Å². The second kappa shape index (κ2) is 7.78. The molecule has 6 heteroatoms. The lowest BCUT2D eigenvalue weighted by Gasteiger charge is -2.30. The number of amides is 2. The normalized spacial score (nSPS) is 14.8. The maximum Gasteiger partial charge on any atom is 0.253 e. The van der Waals surface area contributed by atoms with Gasteiger partial charge in [0, 0.05) is 36.2 Å². The number of nitrogens with zero attached hydrogens (tertiary/aromatic N) is 1. The molecule has 2 N–H and O–H groups in total. The molecule has 0 spiro atoms. The lowest BCUT2D eigenvalue weighted by Crippen LogP contribution is -2.41. The number of carbonyl (C=O) groups excluding carboxylic acids is 2. The van der Waals surface area contributed by atoms with Crippen LogP contribution < -0.4 is 11.2 Å². The fraction of sp³-hybridized carbons (Fsp3) is 0.292. The van der Waals surface area contributed by atoms with Gasteiger partial charge in [-0.25, -0.2) is 0 Å². The van der Waals surface area contributed by atoms with Crippen LogP contribution in [0.4, 0.5) is 0 Å². The van der Waals surface area contributed by atoms with Gasteiger partial charge in [-0.05, 0) is 56.0 Å². The Morgan fingerprint density at radius 2 is 1.70 bits per heavy atom. The molecule has 1 fully saturated rings. The number of fused-ring (bicyclic) bond motifs is 1. The lowest BCUT2D eigenvalue weighted by molar-refractivity contribution is -0.123. The SMILES string of the molecule is Cc1cc(C)c2oc(-c3ccc(C(=O)N4CCC(C(N)=O)CC4)cc3)cc(=O)c2c1. The molecule has 0 saturated carbocycles. The summed E-state index contributed by atoms with van der Waals surface area (Å²) in [5.74, 6) is -0.0512. The molecule has 0 atom stereocenters. The number of carbonyl (C=O) groups is 2. The highest BCUT2D eigenvalue weighted by atomic mass is 16.3. The van der Waals surface area contributed by atoms with E-state index in [0.717, 1.165) is 16.7 Å². The Kier molecular flexibility index (Phi) is 5.16. The van der Waals surface area contributed by atoms with Gasteiger partial charge >= 0.3 is 0 Å². The Labute approximate surface area is 174 Å². The van der Waals surface area contributed by atoms with Crippen LogP contribution in [0.25, 0.3) is 22.3 Å². The number of primary amides is 1. The van der Waals surface area contributed by atoms with Crippen LogP contribution in [0.15, 0.2) is 51.7 Å². The summed E-state index contributed by atoms with van der Waals surface area (Å²) in [6, 6.07) is 12.4. The number of aryl methyl sites for hydroxylation is 2. The van der Waals surface area contributed by atoms with Crippen LogP contribution in [-0.2, 0) is 4.79 Å². The minimum atomic E-state index is -0.297. The summed E-state index contributed by atoms with van der Waals surface area (Å²) in [6.45, 7) is 4.91. The molecule has 2 amide bonds. The number of nitrogens with two attached hydrogens (primary N) is 1. The Balaban J connectivity index is 1.57. The van der Waals surface area contributed by atoms with Crippen molar-refractivity contribution in [2.24, 2.45) is 11.7 Å². The first-order valence-corrected chi connectivity index (χ1v) is 10.1. The van der Waals surface area contributed by atoms with Gasteiger partial charge in [0.15, 0.2) is 5.43 Å². The summed E-state index contributed by atoms with van der Waals surface area (Å²) in [7, 11) is 0. The summed E-state index contributed by atoms with van der Waals surface area (Å²) in [6.07, 6.45) is 1.19. The molecule has 0 radical (unpaired) electrons. The average Bonchev–Trinajstić information content (AvgIpc) is 2.74. The van der Waals surface area contributed by atoms with Crippen molar-refractivity contribution in [3.63, 3.8) is 0 Å². The maximum atomic E-state index is 12.8. The van der Waals surface area contributed by atoms with Gasteiger partial charge in [0.1, 0.15) is 11.3 Å². The zero-order valence-electron chi connectivity index (χ0n) is 17.1. The maximum absolute atomic E-state index is 12.8. The Morgan fingerprint density at radius 3 is 2.33 bits per heavy atom. The lowest BCUT2D eigenvalue weighted by atomic mass is 9.95. The molecule has 154 valence electrons. The number of piperidine rings is 1. The van der Waals surface area contributed by atoms with Gasteiger partial charge in [0.05, 0.1) is 5.39 Å². The Hall–Kier alpha value is -3.41. The highest BCUT2D eigenvalue weighted by molar-refractivity contribution is 5.95. The molecular weight excluding hydrogens is 380 g/mol. The van der Waals surface area contributed by atoms with E-state index in [1.54, 1.807) is 29.2 Å². The van der Waals surface area contributed by atoms with Crippen molar-refractivity contribution in [3.05, 3.63) is 69.4 Å². The number of likely N-dealkylation sites (tertiary alicyclic amines) is 1. The molecule has 2 aromatic carbocycles. The van der Waals surface area contributed by atoms with Crippen molar-refractivity contribution >= 4 is 22.8 Å². The van der Waals surface area contributed by atoms with Crippen LogP contribution in [-0.4, -0.2) is 29.8 Å². The zero-order chi connectivity index (χ0) is 21.4. The molecule has 1 saturated heterocycles. The first-order chi connectivity index (χ1) is 14.3. The van der Waals surface area contributed by atoms with E-state index in [0.29, 0.717) is 48.2 Å². The average molecular weight is 404 g/mol. The molecule has 4 rings (SSSR count). The van der Waals surface area contributed by atoms with Gasteiger partial charge in [0.2, 0.25) is 5.91 Å². The molecule has 6 nitrogen and oxygen atoms in total. The van der Waals surface area contributed by atoms with Crippen molar-refractivity contribution in [1.82, 2.24) is 4.90 Å². The van der Waals surface area contributed by atoms with Crippen LogP contribution >= 0.6 is 0 Å². The third-order valence-electron chi connectivity index (χ3n) is 5.76. The Morgan fingerprint density at radius 1 is 1.03 bits per heavy atom. The topological polar surface area (TPSA) is 93.6 Å². The number of hydrogen-bond donors (Lipinski definition) is 1. The molecular formula is C24H24N2O4. The van der Waals surface area contributed by atoms with Crippen molar-refractivity contribution in [3.8, 4) is 11.3 Å².